The normalized spacial score (nSPS) is 16.0. The van der Waals surface area contributed by atoms with Crippen LogP contribution in [-0.2, 0) is 6.42 Å². The predicted octanol–water partition coefficient (Wildman–Crippen LogP) is 2.46. The van der Waals surface area contributed by atoms with E-state index in [4.69, 9.17) is 0 Å². The summed E-state index contributed by atoms with van der Waals surface area (Å²) < 4.78 is 0. The quantitative estimate of drug-likeness (QED) is 0.941. The van der Waals surface area contributed by atoms with Crippen LogP contribution in [0.3, 0.4) is 0 Å². The van der Waals surface area contributed by atoms with Crippen molar-refractivity contribution in [3.63, 3.8) is 0 Å². The summed E-state index contributed by atoms with van der Waals surface area (Å²) in [7, 11) is 0. The fourth-order valence-corrected chi connectivity index (χ4v) is 2.86. The van der Waals surface area contributed by atoms with Gasteiger partial charge in [-0.1, -0.05) is 18.2 Å². The number of rotatable bonds is 4. The van der Waals surface area contributed by atoms with E-state index < -0.39 is 0 Å². The molecule has 1 aromatic carbocycles. The molecule has 0 amide bonds. The van der Waals surface area contributed by atoms with Crippen LogP contribution in [0.25, 0.3) is 0 Å². The number of aromatic nitrogens is 1. The molecule has 4 nitrogen and oxygen atoms in total. The lowest BCUT2D eigenvalue weighted by Gasteiger charge is -2.35. The van der Waals surface area contributed by atoms with Crippen LogP contribution in [0.5, 0.6) is 5.75 Å². The number of aromatic hydroxyl groups is 1. The number of aryl methyl sites for hydroxylation is 1. The average Bonchev–Trinajstić information content (AvgIpc) is 2.55. The van der Waals surface area contributed by atoms with Crippen LogP contribution >= 0.6 is 0 Å². The van der Waals surface area contributed by atoms with Gasteiger partial charge in [-0.25, -0.2) is 4.98 Å². The van der Waals surface area contributed by atoms with Crippen LogP contribution in [0, 0.1) is 6.92 Å². The minimum Gasteiger partial charge on any atom is -0.508 e. The number of hydrogen-bond donors (Lipinski definition) is 1. The summed E-state index contributed by atoms with van der Waals surface area (Å²) in [4.78, 5) is 9.47. The number of phenolic OH excluding ortho intramolecular Hbond substituents is 1. The van der Waals surface area contributed by atoms with E-state index in [0.717, 1.165) is 50.7 Å². The summed E-state index contributed by atoms with van der Waals surface area (Å²) in [5.41, 5.74) is 2.35. The molecule has 0 spiro atoms. The fourth-order valence-electron chi connectivity index (χ4n) is 2.86. The first-order valence-corrected chi connectivity index (χ1v) is 7.89. The molecule has 0 aliphatic carbocycles. The molecule has 1 saturated heterocycles. The highest BCUT2D eigenvalue weighted by Gasteiger charge is 2.17. The third-order valence-electron chi connectivity index (χ3n) is 4.22. The maximum Gasteiger partial charge on any atom is 0.128 e. The molecule has 0 bridgehead atoms. The van der Waals surface area contributed by atoms with Gasteiger partial charge in [0, 0.05) is 38.4 Å². The zero-order valence-corrected chi connectivity index (χ0v) is 13.1. The minimum atomic E-state index is 0.336. The Hall–Kier alpha value is -2.07. The van der Waals surface area contributed by atoms with Gasteiger partial charge in [0.1, 0.15) is 11.6 Å². The molecule has 1 aliphatic rings. The van der Waals surface area contributed by atoms with E-state index in [9.17, 15) is 5.11 Å². The maximum atomic E-state index is 9.31. The molecule has 116 valence electrons. The Kier molecular flexibility index (Phi) is 4.59. The van der Waals surface area contributed by atoms with Gasteiger partial charge in [0.25, 0.3) is 0 Å². The molecule has 0 unspecified atom stereocenters. The molecule has 1 fully saturated rings. The number of nitrogens with zero attached hydrogens (tertiary/aromatic N) is 3. The van der Waals surface area contributed by atoms with Crippen molar-refractivity contribution in [2.75, 3.05) is 37.6 Å². The second-order valence-corrected chi connectivity index (χ2v) is 5.88. The first kappa shape index (κ1) is 14.9. The van der Waals surface area contributed by atoms with Gasteiger partial charge in [-0.05, 0) is 43.2 Å². The number of piperazine rings is 1. The smallest absolute Gasteiger partial charge is 0.128 e. The van der Waals surface area contributed by atoms with Gasteiger partial charge in [0.2, 0.25) is 0 Å². The van der Waals surface area contributed by atoms with E-state index in [2.05, 4.69) is 26.9 Å². The van der Waals surface area contributed by atoms with Crippen LogP contribution in [-0.4, -0.2) is 47.7 Å². The van der Waals surface area contributed by atoms with E-state index in [1.54, 1.807) is 12.1 Å². The van der Waals surface area contributed by atoms with Gasteiger partial charge in [-0.15, -0.1) is 0 Å². The lowest BCUT2D eigenvalue weighted by Crippen LogP contribution is -2.47. The molecule has 0 radical (unpaired) electrons. The van der Waals surface area contributed by atoms with Crippen molar-refractivity contribution < 1.29 is 5.11 Å². The molecule has 1 aliphatic heterocycles. The number of anilines is 1. The Bertz CT molecular complexity index is 604. The molecule has 2 heterocycles. The van der Waals surface area contributed by atoms with Crippen LogP contribution in [0.1, 0.15) is 11.3 Å². The van der Waals surface area contributed by atoms with Crippen molar-refractivity contribution in [1.82, 2.24) is 9.88 Å². The summed E-state index contributed by atoms with van der Waals surface area (Å²) in [6, 6.07) is 13.7. The highest BCUT2D eigenvalue weighted by molar-refractivity contribution is 5.39. The fraction of sp³-hybridized carbons (Fsp3) is 0.389. The van der Waals surface area contributed by atoms with E-state index >= 15 is 0 Å². The van der Waals surface area contributed by atoms with Gasteiger partial charge < -0.3 is 10.0 Å². The Morgan fingerprint density at radius 2 is 1.73 bits per heavy atom. The molecule has 2 aromatic rings. The number of benzene rings is 1. The Morgan fingerprint density at radius 3 is 2.41 bits per heavy atom. The van der Waals surface area contributed by atoms with E-state index in [1.165, 1.54) is 5.56 Å². The third kappa shape index (κ3) is 3.77. The standard InChI is InChI=1S/C18H23N3O/c1-15-3-2-4-18(19-15)21-13-11-20(12-14-21)10-9-16-5-7-17(22)8-6-16/h2-8,22H,9-14H2,1H3. The Balaban J connectivity index is 1.48. The highest BCUT2D eigenvalue weighted by Crippen LogP contribution is 2.15. The average molecular weight is 297 g/mol. The number of pyridine rings is 1. The minimum absolute atomic E-state index is 0.336. The lowest BCUT2D eigenvalue weighted by atomic mass is 10.1. The van der Waals surface area contributed by atoms with E-state index in [-0.39, 0.29) is 0 Å². The maximum absolute atomic E-state index is 9.31. The van der Waals surface area contributed by atoms with Crippen LogP contribution in [0.2, 0.25) is 0 Å². The second kappa shape index (κ2) is 6.79. The van der Waals surface area contributed by atoms with Crippen molar-refractivity contribution in [1.29, 1.82) is 0 Å². The van der Waals surface area contributed by atoms with Crippen molar-refractivity contribution in [3.8, 4) is 5.75 Å². The molecule has 1 N–H and O–H groups in total. The molecule has 0 atom stereocenters. The zero-order chi connectivity index (χ0) is 15.4. The lowest BCUT2D eigenvalue weighted by molar-refractivity contribution is 0.260. The summed E-state index contributed by atoms with van der Waals surface area (Å²) >= 11 is 0. The van der Waals surface area contributed by atoms with Crippen LogP contribution in [0.4, 0.5) is 5.82 Å². The SMILES string of the molecule is Cc1cccc(N2CCN(CCc3ccc(O)cc3)CC2)n1. The zero-order valence-electron chi connectivity index (χ0n) is 13.1. The molecule has 4 heteroatoms. The summed E-state index contributed by atoms with van der Waals surface area (Å²) in [5, 5.41) is 9.31. The van der Waals surface area contributed by atoms with Crippen LogP contribution < -0.4 is 4.90 Å². The van der Waals surface area contributed by atoms with E-state index in [0.29, 0.717) is 5.75 Å². The van der Waals surface area contributed by atoms with Crippen molar-refractivity contribution in [2.24, 2.45) is 0 Å². The number of phenols is 1. The first-order chi connectivity index (χ1) is 10.7. The Labute approximate surface area is 132 Å². The topological polar surface area (TPSA) is 39.6 Å². The van der Waals surface area contributed by atoms with Gasteiger partial charge in [0.15, 0.2) is 0 Å². The largest absolute Gasteiger partial charge is 0.508 e. The third-order valence-corrected chi connectivity index (χ3v) is 4.22. The molecule has 22 heavy (non-hydrogen) atoms. The van der Waals surface area contributed by atoms with Crippen molar-refractivity contribution in [3.05, 3.63) is 53.7 Å². The monoisotopic (exact) mass is 297 g/mol. The summed E-state index contributed by atoms with van der Waals surface area (Å²) in [6.07, 6.45) is 1.03. The second-order valence-electron chi connectivity index (χ2n) is 5.88. The molecule has 3 rings (SSSR count). The molecular formula is C18H23N3O. The molecular weight excluding hydrogens is 274 g/mol. The Morgan fingerprint density at radius 1 is 1.00 bits per heavy atom. The summed E-state index contributed by atoms with van der Waals surface area (Å²) in [6.45, 7) is 7.33. The summed E-state index contributed by atoms with van der Waals surface area (Å²) in [5.74, 6) is 1.43. The highest BCUT2D eigenvalue weighted by atomic mass is 16.3. The van der Waals surface area contributed by atoms with Gasteiger partial charge in [0.05, 0.1) is 0 Å². The molecule has 0 saturated carbocycles. The van der Waals surface area contributed by atoms with Crippen molar-refractivity contribution >= 4 is 5.82 Å². The first-order valence-electron chi connectivity index (χ1n) is 7.89. The van der Waals surface area contributed by atoms with Gasteiger partial charge in [-0.2, -0.15) is 0 Å². The molecule has 1 aromatic heterocycles. The predicted molar refractivity (Wildman–Crippen MR) is 89.4 cm³/mol. The van der Waals surface area contributed by atoms with Gasteiger partial charge >= 0.3 is 0 Å². The van der Waals surface area contributed by atoms with Gasteiger partial charge in [-0.3, -0.25) is 4.90 Å². The van der Waals surface area contributed by atoms with Crippen molar-refractivity contribution in [2.45, 2.75) is 13.3 Å². The van der Waals surface area contributed by atoms with Crippen LogP contribution in [0.15, 0.2) is 42.5 Å². The van der Waals surface area contributed by atoms with E-state index in [1.807, 2.05) is 25.1 Å². The number of hydrogen-bond acceptors (Lipinski definition) is 4.